The van der Waals surface area contributed by atoms with E-state index in [4.69, 9.17) is 4.98 Å². The number of aromatic nitrogens is 3. The Hall–Kier alpha value is -2.50. The maximum atomic E-state index is 12.3. The zero-order chi connectivity index (χ0) is 19.1. The molecule has 0 bridgehead atoms. The molecule has 2 aromatic heterocycles. The highest BCUT2D eigenvalue weighted by Crippen LogP contribution is 2.20. The molecule has 0 spiro atoms. The number of nitrogens with one attached hydrogen (secondary N) is 1. The summed E-state index contributed by atoms with van der Waals surface area (Å²) in [6.07, 6.45) is 10.1. The third-order valence-corrected chi connectivity index (χ3v) is 5.06. The second kappa shape index (κ2) is 9.44. The Morgan fingerprint density at radius 1 is 1.15 bits per heavy atom. The van der Waals surface area contributed by atoms with Crippen LogP contribution in [-0.2, 0) is 11.2 Å². The van der Waals surface area contributed by atoms with Crippen molar-refractivity contribution in [2.45, 2.75) is 58.4 Å². The Morgan fingerprint density at radius 2 is 1.89 bits per heavy atom. The fourth-order valence-corrected chi connectivity index (χ4v) is 3.53. The van der Waals surface area contributed by atoms with Crippen LogP contribution in [0.3, 0.4) is 0 Å². The molecular formula is C21H29N5O. The first-order chi connectivity index (χ1) is 13.1. The molecule has 6 nitrogen and oxygen atoms in total. The number of pyridine rings is 1. The lowest BCUT2D eigenvalue weighted by atomic mass is 10.1. The van der Waals surface area contributed by atoms with E-state index in [0.717, 1.165) is 36.0 Å². The molecule has 3 heterocycles. The number of carbonyl (C=O) groups excluding carboxylic acids is 1. The Labute approximate surface area is 161 Å². The molecule has 1 N–H and O–H groups in total. The van der Waals surface area contributed by atoms with E-state index in [1.54, 1.807) is 6.20 Å². The molecule has 2 aromatic rings. The first-order valence-corrected chi connectivity index (χ1v) is 9.91. The molecule has 144 valence electrons. The van der Waals surface area contributed by atoms with Gasteiger partial charge >= 0.3 is 0 Å². The largest absolute Gasteiger partial charge is 0.349 e. The summed E-state index contributed by atoms with van der Waals surface area (Å²) >= 11 is 0. The van der Waals surface area contributed by atoms with Gasteiger partial charge in [0.1, 0.15) is 0 Å². The van der Waals surface area contributed by atoms with Gasteiger partial charge < -0.3 is 10.2 Å². The SMILES string of the molecule is Cc1nc(N2CCCCCCC2)ncc1[C@H](C)NC(=O)Cc1ccccn1. The Kier molecular flexibility index (Phi) is 6.74. The van der Waals surface area contributed by atoms with Gasteiger partial charge in [-0.2, -0.15) is 0 Å². The van der Waals surface area contributed by atoms with Crippen LogP contribution >= 0.6 is 0 Å². The molecule has 0 saturated carbocycles. The second-order valence-corrected chi connectivity index (χ2v) is 7.25. The van der Waals surface area contributed by atoms with Crippen LogP contribution in [0.25, 0.3) is 0 Å². The molecule has 1 atom stereocenters. The minimum absolute atomic E-state index is 0.0477. The molecule has 0 radical (unpaired) electrons. The number of aryl methyl sites for hydroxylation is 1. The normalized spacial score (nSPS) is 16.3. The first kappa shape index (κ1) is 19.3. The fraction of sp³-hybridized carbons (Fsp3) is 0.524. The lowest BCUT2D eigenvalue weighted by Crippen LogP contribution is -2.31. The Balaban J connectivity index is 1.63. The van der Waals surface area contributed by atoms with Crippen LogP contribution in [0.5, 0.6) is 0 Å². The van der Waals surface area contributed by atoms with Crippen LogP contribution in [-0.4, -0.2) is 33.9 Å². The molecule has 27 heavy (non-hydrogen) atoms. The van der Waals surface area contributed by atoms with E-state index in [9.17, 15) is 4.79 Å². The predicted molar refractivity (Wildman–Crippen MR) is 107 cm³/mol. The van der Waals surface area contributed by atoms with E-state index in [1.807, 2.05) is 38.2 Å². The summed E-state index contributed by atoms with van der Waals surface area (Å²) in [5, 5.41) is 3.03. The van der Waals surface area contributed by atoms with Gasteiger partial charge in [-0.3, -0.25) is 9.78 Å². The molecule has 1 saturated heterocycles. The number of amides is 1. The standard InChI is InChI=1S/C21H29N5O/c1-16(24-20(27)14-18-10-6-7-11-22-18)19-15-23-21(25-17(19)2)26-12-8-4-3-5-9-13-26/h6-7,10-11,15-16H,3-5,8-9,12-14H2,1-2H3,(H,24,27)/t16-/m0/s1. The number of rotatable bonds is 5. The van der Waals surface area contributed by atoms with E-state index in [-0.39, 0.29) is 18.4 Å². The second-order valence-electron chi connectivity index (χ2n) is 7.25. The summed E-state index contributed by atoms with van der Waals surface area (Å²) < 4.78 is 0. The lowest BCUT2D eigenvalue weighted by molar-refractivity contribution is -0.121. The molecule has 3 rings (SSSR count). The van der Waals surface area contributed by atoms with Crippen molar-refractivity contribution in [3.63, 3.8) is 0 Å². The molecule has 6 heteroatoms. The van der Waals surface area contributed by atoms with Crippen molar-refractivity contribution in [1.29, 1.82) is 0 Å². The predicted octanol–water partition coefficient (Wildman–Crippen LogP) is 3.37. The quantitative estimate of drug-likeness (QED) is 0.877. The molecular weight excluding hydrogens is 338 g/mol. The fourth-order valence-electron chi connectivity index (χ4n) is 3.53. The maximum absolute atomic E-state index is 12.3. The summed E-state index contributed by atoms with van der Waals surface area (Å²) in [5.41, 5.74) is 2.65. The Morgan fingerprint density at radius 3 is 2.56 bits per heavy atom. The van der Waals surface area contributed by atoms with Crippen LogP contribution in [0.1, 0.15) is 62.0 Å². The van der Waals surface area contributed by atoms with Gasteiger partial charge in [0.15, 0.2) is 0 Å². The minimum atomic E-state index is -0.136. The van der Waals surface area contributed by atoms with Crippen LogP contribution < -0.4 is 10.2 Å². The van der Waals surface area contributed by atoms with Crippen LogP contribution in [0.4, 0.5) is 5.95 Å². The van der Waals surface area contributed by atoms with Gasteiger partial charge in [-0.15, -0.1) is 0 Å². The highest BCUT2D eigenvalue weighted by Gasteiger charge is 2.17. The van der Waals surface area contributed by atoms with Gasteiger partial charge in [0.05, 0.1) is 12.5 Å². The maximum Gasteiger partial charge on any atom is 0.226 e. The summed E-state index contributed by atoms with van der Waals surface area (Å²) in [5.74, 6) is 0.763. The Bertz CT molecular complexity index is 741. The van der Waals surface area contributed by atoms with Crippen molar-refractivity contribution in [2.75, 3.05) is 18.0 Å². The molecule has 0 aromatic carbocycles. The summed E-state index contributed by atoms with van der Waals surface area (Å²) in [6.45, 7) is 6.01. The zero-order valence-electron chi connectivity index (χ0n) is 16.3. The highest BCUT2D eigenvalue weighted by molar-refractivity contribution is 5.78. The van der Waals surface area contributed by atoms with Crippen LogP contribution in [0.2, 0.25) is 0 Å². The molecule has 1 fully saturated rings. The third kappa shape index (κ3) is 5.49. The summed E-state index contributed by atoms with van der Waals surface area (Å²) in [7, 11) is 0. The monoisotopic (exact) mass is 367 g/mol. The van der Waals surface area contributed by atoms with Gasteiger partial charge in [-0.25, -0.2) is 9.97 Å². The van der Waals surface area contributed by atoms with Crippen LogP contribution in [0, 0.1) is 6.92 Å². The number of hydrogen-bond donors (Lipinski definition) is 1. The van der Waals surface area contributed by atoms with E-state index < -0.39 is 0 Å². The average Bonchev–Trinajstić information content (AvgIpc) is 2.62. The summed E-state index contributed by atoms with van der Waals surface area (Å²) in [4.78, 5) is 28.1. The van der Waals surface area contributed by atoms with E-state index in [2.05, 4.69) is 20.2 Å². The van der Waals surface area contributed by atoms with Crippen molar-refractivity contribution in [3.05, 3.63) is 47.5 Å². The van der Waals surface area contributed by atoms with Crippen molar-refractivity contribution in [1.82, 2.24) is 20.3 Å². The van der Waals surface area contributed by atoms with Gasteiger partial charge in [0.25, 0.3) is 0 Å². The zero-order valence-corrected chi connectivity index (χ0v) is 16.3. The number of hydrogen-bond acceptors (Lipinski definition) is 5. The average molecular weight is 367 g/mol. The smallest absolute Gasteiger partial charge is 0.226 e. The number of nitrogens with zero attached hydrogens (tertiary/aromatic N) is 4. The van der Waals surface area contributed by atoms with Crippen molar-refractivity contribution >= 4 is 11.9 Å². The number of anilines is 1. The van der Waals surface area contributed by atoms with Crippen molar-refractivity contribution in [3.8, 4) is 0 Å². The topological polar surface area (TPSA) is 71.0 Å². The van der Waals surface area contributed by atoms with E-state index >= 15 is 0 Å². The van der Waals surface area contributed by atoms with E-state index in [0.29, 0.717) is 0 Å². The van der Waals surface area contributed by atoms with Gasteiger partial charge in [-0.05, 0) is 38.8 Å². The van der Waals surface area contributed by atoms with Crippen molar-refractivity contribution in [2.24, 2.45) is 0 Å². The van der Waals surface area contributed by atoms with Crippen LogP contribution in [0.15, 0.2) is 30.6 Å². The summed E-state index contributed by atoms with van der Waals surface area (Å²) in [6, 6.07) is 5.46. The molecule has 0 unspecified atom stereocenters. The number of carbonyl (C=O) groups is 1. The third-order valence-electron chi connectivity index (χ3n) is 5.06. The molecule has 1 aliphatic heterocycles. The van der Waals surface area contributed by atoms with Gasteiger partial charge in [0.2, 0.25) is 11.9 Å². The molecule has 1 amide bonds. The highest BCUT2D eigenvalue weighted by atomic mass is 16.1. The molecule has 0 aliphatic carbocycles. The minimum Gasteiger partial charge on any atom is -0.349 e. The van der Waals surface area contributed by atoms with E-state index in [1.165, 1.54) is 32.1 Å². The lowest BCUT2D eigenvalue weighted by Gasteiger charge is -2.25. The van der Waals surface area contributed by atoms with Gasteiger partial charge in [-0.1, -0.05) is 25.3 Å². The van der Waals surface area contributed by atoms with Gasteiger partial charge in [0, 0.05) is 42.4 Å². The molecule has 1 aliphatic rings. The van der Waals surface area contributed by atoms with Crippen molar-refractivity contribution < 1.29 is 4.79 Å². The first-order valence-electron chi connectivity index (χ1n) is 9.91.